The fourth-order valence-electron chi connectivity index (χ4n) is 4.94. The fourth-order valence-corrected chi connectivity index (χ4v) is 4.94. The van der Waals surface area contributed by atoms with E-state index in [2.05, 4.69) is 30.4 Å². The van der Waals surface area contributed by atoms with Crippen molar-refractivity contribution < 1.29 is 19.1 Å². The van der Waals surface area contributed by atoms with Gasteiger partial charge in [0.25, 0.3) is 5.91 Å². The van der Waals surface area contributed by atoms with E-state index in [-0.39, 0.29) is 24.9 Å². The molecule has 1 unspecified atom stereocenters. The van der Waals surface area contributed by atoms with Crippen LogP contribution in [0.1, 0.15) is 66.8 Å². The number of hydrogen-bond acceptors (Lipinski definition) is 4. The number of aliphatic carboxylic acids is 1. The van der Waals surface area contributed by atoms with E-state index in [0.29, 0.717) is 11.5 Å². The number of carboxylic acid groups (broad SMARTS) is 1. The van der Waals surface area contributed by atoms with Crippen LogP contribution in [-0.4, -0.2) is 35.5 Å². The number of furan rings is 1. The Morgan fingerprint density at radius 1 is 1.09 bits per heavy atom. The summed E-state index contributed by atoms with van der Waals surface area (Å²) < 4.78 is 6.31. The summed E-state index contributed by atoms with van der Waals surface area (Å²) in [5.41, 5.74) is 3.79. The van der Waals surface area contributed by atoms with E-state index in [4.69, 9.17) is 9.52 Å². The zero-order chi connectivity index (χ0) is 24.8. The Morgan fingerprint density at radius 2 is 1.77 bits per heavy atom. The van der Waals surface area contributed by atoms with Crippen LogP contribution in [0.4, 0.5) is 5.69 Å². The number of rotatable bonds is 10. The Morgan fingerprint density at radius 3 is 2.40 bits per heavy atom. The number of carbonyl (C=O) groups excluding carboxylic acids is 1. The molecule has 6 nitrogen and oxygen atoms in total. The van der Waals surface area contributed by atoms with Crippen LogP contribution in [0.2, 0.25) is 0 Å². The van der Waals surface area contributed by atoms with Crippen molar-refractivity contribution in [2.75, 3.05) is 18.9 Å². The molecule has 1 saturated carbocycles. The lowest BCUT2D eigenvalue weighted by Crippen LogP contribution is -2.29. The summed E-state index contributed by atoms with van der Waals surface area (Å²) in [4.78, 5) is 24.9. The number of benzene rings is 2. The third-order valence-corrected chi connectivity index (χ3v) is 6.89. The van der Waals surface area contributed by atoms with Crippen LogP contribution in [0.5, 0.6) is 0 Å². The lowest BCUT2D eigenvalue weighted by Gasteiger charge is -2.26. The Balaban J connectivity index is 1.56. The third kappa shape index (κ3) is 5.94. The molecule has 0 saturated heterocycles. The van der Waals surface area contributed by atoms with Gasteiger partial charge in [0.15, 0.2) is 0 Å². The Hall–Kier alpha value is -3.54. The maximum atomic E-state index is 12.6. The van der Waals surface area contributed by atoms with E-state index in [1.807, 2.05) is 30.3 Å². The average Bonchev–Trinajstić information content (AvgIpc) is 3.57. The number of carboxylic acids is 1. The van der Waals surface area contributed by atoms with Gasteiger partial charge in [-0.25, -0.2) is 0 Å². The number of nitrogens with one attached hydrogen (secondary N) is 1. The Bertz CT molecular complexity index is 1130. The minimum absolute atomic E-state index is 0.0691. The van der Waals surface area contributed by atoms with Crippen LogP contribution >= 0.6 is 0 Å². The van der Waals surface area contributed by atoms with Gasteiger partial charge in [-0.3, -0.25) is 9.59 Å². The maximum Gasteiger partial charge on any atom is 0.305 e. The minimum atomic E-state index is -0.914. The molecule has 1 amide bonds. The normalized spacial score (nSPS) is 14.6. The molecule has 184 valence electrons. The molecule has 0 bridgehead atoms. The number of amides is 1. The molecule has 1 aliphatic rings. The molecule has 3 aromatic rings. The summed E-state index contributed by atoms with van der Waals surface area (Å²) >= 11 is 0. The number of carbonyl (C=O) groups is 2. The first-order valence-corrected chi connectivity index (χ1v) is 12.5. The topological polar surface area (TPSA) is 82.8 Å². The van der Waals surface area contributed by atoms with Gasteiger partial charge in [-0.15, -0.1) is 0 Å². The summed E-state index contributed by atoms with van der Waals surface area (Å²) in [6, 6.07) is 20.0. The number of anilines is 1. The second kappa shape index (κ2) is 11.3. The van der Waals surface area contributed by atoms with Crippen molar-refractivity contribution in [3.63, 3.8) is 0 Å². The molecule has 35 heavy (non-hydrogen) atoms. The monoisotopic (exact) mass is 474 g/mol. The highest BCUT2D eigenvalue weighted by Crippen LogP contribution is 2.41. The smallest absolute Gasteiger partial charge is 0.305 e. The van der Waals surface area contributed by atoms with Crippen molar-refractivity contribution in [3.05, 3.63) is 77.6 Å². The fraction of sp³-hybridized carbons (Fsp3) is 0.379. The number of hydrogen-bond donors (Lipinski definition) is 2. The molecular formula is C29H34N2O4. The predicted octanol–water partition coefficient (Wildman–Crippen LogP) is 6.40. The van der Waals surface area contributed by atoms with Crippen LogP contribution in [0.25, 0.3) is 11.3 Å². The van der Waals surface area contributed by atoms with Crippen LogP contribution < -0.4 is 5.32 Å². The molecule has 0 spiro atoms. The van der Waals surface area contributed by atoms with Gasteiger partial charge in [0.2, 0.25) is 0 Å². The highest BCUT2D eigenvalue weighted by Gasteiger charge is 2.30. The van der Waals surface area contributed by atoms with E-state index >= 15 is 0 Å². The van der Waals surface area contributed by atoms with Crippen LogP contribution in [0.3, 0.4) is 0 Å². The van der Waals surface area contributed by atoms with E-state index < -0.39 is 5.97 Å². The van der Waals surface area contributed by atoms with Gasteiger partial charge in [0.1, 0.15) is 11.5 Å². The Kier molecular flexibility index (Phi) is 7.91. The minimum Gasteiger partial charge on any atom is -0.481 e. The molecule has 1 aliphatic carbocycles. The van der Waals surface area contributed by atoms with E-state index in [0.717, 1.165) is 29.2 Å². The first-order chi connectivity index (χ1) is 17.0. The summed E-state index contributed by atoms with van der Waals surface area (Å²) in [7, 11) is 1.63. The van der Waals surface area contributed by atoms with Crippen molar-refractivity contribution in [2.45, 2.75) is 51.5 Å². The van der Waals surface area contributed by atoms with Crippen LogP contribution in [-0.2, 0) is 11.2 Å². The van der Waals surface area contributed by atoms with Crippen LogP contribution in [0, 0.1) is 5.92 Å². The molecule has 0 radical (unpaired) electrons. The summed E-state index contributed by atoms with van der Waals surface area (Å²) in [5, 5.41) is 12.6. The maximum absolute atomic E-state index is 12.6. The van der Waals surface area contributed by atoms with Crippen molar-refractivity contribution in [3.8, 4) is 11.3 Å². The Labute approximate surface area is 207 Å². The molecule has 1 aromatic heterocycles. The van der Waals surface area contributed by atoms with Gasteiger partial charge in [-0.2, -0.15) is 0 Å². The second-order valence-electron chi connectivity index (χ2n) is 9.32. The summed E-state index contributed by atoms with van der Waals surface area (Å²) in [6.45, 7) is 2.31. The number of aryl methyl sites for hydroxylation is 1. The molecule has 4 rings (SSSR count). The van der Waals surface area contributed by atoms with Gasteiger partial charge in [0.05, 0.1) is 12.5 Å². The van der Waals surface area contributed by atoms with E-state index in [1.54, 1.807) is 19.2 Å². The van der Waals surface area contributed by atoms with Crippen molar-refractivity contribution in [1.29, 1.82) is 0 Å². The zero-order valence-electron chi connectivity index (χ0n) is 20.5. The first kappa shape index (κ1) is 24.6. The standard InChI is InChI=1S/C29H34N2O4/c1-3-25-24(19-26(35-25)20-9-5-4-6-10-20)28(21-11-7-8-12-21)30-23-15-13-22(14-16-23)29(34)31(2)18-17-27(32)33/h4-6,9-10,13-16,19,21,28,30H,3,7-8,11-12,17-18H2,1-2H3,(H,32,33). The van der Waals surface area contributed by atoms with E-state index in [1.165, 1.54) is 36.1 Å². The predicted molar refractivity (Wildman–Crippen MR) is 137 cm³/mol. The molecule has 0 aliphatic heterocycles. The van der Waals surface area contributed by atoms with Gasteiger partial charge in [-0.1, -0.05) is 50.1 Å². The summed E-state index contributed by atoms with van der Waals surface area (Å²) in [6.07, 6.45) is 5.59. The average molecular weight is 475 g/mol. The zero-order valence-corrected chi connectivity index (χ0v) is 20.5. The SMILES string of the molecule is CCc1oc(-c2ccccc2)cc1C(Nc1ccc(C(=O)N(C)CCC(=O)O)cc1)C1CCCC1. The van der Waals surface area contributed by atoms with Gasteiger partial charge in [0, 0.05) is 42.4 Å². The molecule has 2 N–H and O–H groups in total. The molecule has 2 aromatic carbocycles. The number of nitrogens with zero attached hydrogens (tertiary/aromatic N) is 1. The van der Waals surface area contributed by atoms with Crippen molar-refractivity contribution >= 4 is 17.6 Å². The largest absolute Gasteiger partial charge is 0.481 e. The van der Waals surface area contributed by atoms with Crippen molar-refractivity contribution in [2.24, 2.45) is 5.92 Å². The molecule has 1 atom stereocenters. The molecular weight excluding hydrogens is 440 g/mol. The molecule has 1 fully saturated rings. The van der Waals surface area contributed by atoms with Crippen molar-refractivity contribution in [1.82, 2.24) is 4.90 Å². The van der Waals surface area contributed by atoms with Crippen LogP contribution in [0.15, 0.2) is 65.1 Å². The highest BCUT2D eigenvalue weighted by atomic mass is 16.4. The van der Waals surface area contributed by atoms with Gasteiger partial charge in [-0.05, 0) is 49.1 Å². The highest BCUT2D eigenvalue weighted by molar-refractivity contribution is 5.94. The molecule has 1 heterocycles. The van der Waals surface area contributed by atoms with E-state index in [9.17, 15) is 9.59 Å². The lowest BCUT2D eigenvalue weighted by molar-refractivity contribution is -0.137. The lowest BCUT2D eigenvalue weighted by atomic mass is 9.90. The van der Waals surface area contributed by atoms with Gasteiger partial charge < -0.3 is 19.7 Å². The van der Waals surface area contributed by atoms with Gasteiger partial charge >= 0.3 is 5.97 Å². The second-order valence-corrected chi connectivity index (χ2v) is 9.32. The quantitative estimate of drug-likeness (QED) is 0.355. The summed E-state index contributed by atoms with van der Waals surface area (Å²) in [5.74, 6) is 1.33. The first-order valence-electron chi connectivity index (χ1n) is 12.5. The molecule has 6 heteroatoms. The third-order valence-electron chi connectivity index (χ3n) is 6.89.